The number of ether oxygens (including phenoxy) is 2. The molecule has 0 bridgehead atoms. The zero-order valence-electron chi connectivity index (χ0n) is 6.87. The standard InChI is InChI=1S/C7H13NO3/c1-6-8-10-5-7(11-6)3-4-9-2/h7H,3-5H2,1-2H3. The van der Waals surface area contributed by atoms with Crippen LogP contribution in [0.5, 0.6) is 0 Å². The molecule has 0 radical (unpaired) electrons. The molecule has 4 heteroatoms. The van der Waals surface area contributed by atoms with Gasteiger partial charge in [-0.3, -0.25) is 0 Å². The Kier molecular flexibility index (Phi) is 3.16. The molecule has 1 aliphatic rings. The number of hydrogen-bond donors (Lipinski definition) is 0. The van der Waals surface area contributed by atoms with Crippen molar-refractivity contribution in [2.75, 3.05) is 20.3 Å². The number of oxime groups is 1. The van der Waals surface area contributed by atoms with Crippen molar-refractivity contribution >= 4 is 5.90 Å². The van der Waals surface area contributed by atoms with Gasteiger partial charge in [0.1, 0.15) is 6.10 Å². The first-order valence-corrected chi connectivity index (χ1v) is 3.65. The summed E-state index contributed by atoms with van der Waals surface area (Å²) in [5.74, 6) is 0.595. The predicted molar refractivity (Wildman–Crippen MR) is 40.4 cm³/mol. The van der Waals surface area contributed by atoms with Gasteiger partial charge in [-0.05, 0) is 0 Å². The Bertz CT molecular complexity index is 147. The van der Waals surface area contributed by atoms with Crippen LogP contribution in [0.15, 0.2) is 5.16 Å². The maximum Gasteiger partial charge on any atom is 0.222 e. The van der Waals surface area contributed by atoms with E-state index in [2.05, 4.69) is 5.16 Å². The van der Waals surface area contributed by atoms with Crippen LogP contribution in [0.25, 0.3) is 0 Å². The minimum atomic E-state index is 0.104. The third-order valence-corrected chi connectivity index (χ3v) is 1.43. The Morgan fingerprint density at radius 1 is 1.73 bits per heavy atom. The van der Waals surface area contributed by atoms with Gasteiger partial charge in [-0.25, -0.2) is 0 Å². The molecule has 0 aromatic rings. The number of methoxy groups -OCH3 is 1. The lowest BCUT2D eigenvalue weighted by Crippen LogP contribution is -2.27. The topological polar surface area (TPSA) is 40.0 Å². The van der Waals surface area contributed by atoms with Gasteiger partial charge in [-0.15, -0.1) is 0 Å². The molecule has 0 spiro atoms. The number of nitrogens with zero attached hydrogens (tertiary/aromatic N) is 1. The van der Waals surface area contributed by atoms with Crippen molar-refractivity contribution in [2.45, 2.75) is 19.4 Å². The number of rotatable bonds is 3. The molecule has 0 aliphatic carbocycles. The van der Waals surface area contributed by atoms with Crippen molar-refractivity contribution in [2.24, 2.45) is 5.16 Å². The minimum Gasteiger partial charge on any atom is -0.472 e. The molecule has 64 valence electrons. The van der Waals surface area contributed by atoms with E-state index in [1.165, 1.54) is 0 Å². The monoisotopic (exact) mass is 159 g/mol. The zero-order valence-corrected chi connectivity index (χ0v) is 6.87. The molecular weight excluding hydrogens is 146 g/mol. The third kappa shape index (κ3) is 2.76. The molecular formula is C7H13NO3. The first kappa shape index (κ1) is 8.33. The summed E-state index contributed by atoms with van der Waals surface area (Å²) < 4.78 is 10.2. The lowest BCUT2D eigenvalue weighted by molar-refractivity contribution is -0.00478. The van der Waals surface area contributed by atoms with Crippen LogP contribution < -0.4 is 0 Å². The van der Waals surface area contributed by atoms with Crippen LogP contribution in [-0.4, -0.2) is 32.3 Å². The van der Waals surface area contributed by atoms with E-state index in [0.717, 1.165) is 6.42 Å². The Morgan fingerprint density at radius 2 is 2.55 bits per heavy atom. The van der Waals surface area contributed by atoms with Gasteiger partial charge in [0, 0.05) is 27.1 Å². The molecule has 0 saturated heterocycles. The highest BCUT2D eigenvalue weighted by Gasteiger charge is 2.15. The molecule has 0 fully saturated rings. The Labute approximate surface area is 66.1 Å². The predicted octanol–water partition coefficient (Wildman–Crippen LogP) is 0.772. The molecule has 0 aromatic carbocycles. The van der Waals surface area contributed by atoms with Crippen LogP contribution >= 0.6 is 0 Å². The van der Waals surface area contributed by atoms with Crippen molar-refractivity contribution < 1.29 is 14.3 Å². The first-order valence-electron chi connectivity index (χ1n) is 3.65. The molecule has 1 rings (SSSR count). The quantitative estimate of drug-likeness (QED) is 0.610. The Balaban J connectivity index is 2.21. The lowest BCUT2D eigenvalue weighted by Gasteiger charge is -2.20. The second-order valence-electron chi connectivity index (χ2n) is 2.43. The fraction of sp³-hybridized carbons (Fsp3) is 0.857. The highest BCUT2D eigenvalue weighted by atomic mass is 16.7. The molecule has 1 atom stereocenters. The van der Waals surface area contributed by atoms with Crippen LogP contribution in [0, 0.1) is 0 Å². The molecule has 11 heavy (non-hydrogen) atoms. The van der Waals surface area contributed by atoms with Crippen LogP contribution in [0.3, 0.4) is 0 Å². The smallest absolute Gasteiger partial charge is 0.222 e. The van der Waals surface area contributed by atoms with Crippen LogP contribution in [-0.2, 0) is 14.3 Å². The summed E-state index contributed by atoms with van der Waals surface area (Å²) in [6, 6.07) is 0. The molecule has 4 nitrogen and oxygen atoms in total. The van der Waals surface area contributed by atoms with E-state index >= 15 is 0 Å². The largest absolute Gasteiger partial charge is 0.472 e. The molecule has 0 saturated carbocycles. The van der Waals surface area contributed by atoms with Crippen LogP contribution in [0.2, 0.25) is 0 Å². The molecule has 1 aliphatic heterocycles. The highest BCUT2D eigenvalue weighted by Crippen LogP contribution is 2.06. The fourth-order valence-corrected chi connectivity index (χ4v) is 0.900. The van der Waals surface area contributed by atoms with E-state index in [0.29, 0.717) is 19.1 Å². The summed E-state index contributed by atoms with van der Waals surface area (Å²) in [6.45, 7) is 3.00. The summed E-state index contributed by atoms with van der Waals surface area (Å²) in [6.07, 6.45) is 0.955. The lowest BCUT2D eigenvalue weighted by atomic mass is 10.3. The molecule has 1 unspecified atom stereocenters. The van der Waals surface area contributed by atoms with Crippen molar-refractivity contribution in [1.82, 2.24) is 0 Å². The molecule has 0 N–H and O–H groups in total. The number of hydrogen-bond acceptors (Lipinski definition) is 4. The highest BCUT2D eigenvalue weighted by molar-refractivity contribution is 5.72. The maximum atomic E-state index is 5.33. The van der Waals surface area contributed by atoms with Crippen molar-refractivity contribution in [3.8, 4) is 0 Å². The normalized spacial score (nSPS) is 23.5. The van der Waals surface area contributed by atoms with E-state index in [-0.39, 0.29) is 6.10 Å². The Morgan fingerprint density at radius 3 is 3.18 bits per heavy atom. The summed E-state index contributed by atoms with van der Waals surface area (Å²) in [5.41, 5.74) is 0. The van der Waals surface area contributed by atoms with Crippen molar-refractivity contribution in [3.05, 3.63) is 0 Å². The summed E-state index contributed by atoms with van der Waals surface area (Å²) in [5, 5.41) is 3.64. The van der Waals surface area contributed by atoms with E-state index in [1.54, 1.807) is 14.0 Å². The fourth-order valence-electron chi connectivity index (χ4n) is 0.900. The van der Waals surface area contributed by atoms with Gasteiger partial charge in [0.25, 0.3) is 0 Å². The van der Waals surface area contributed by atoms with Crippen LogP contribution in [0.1, 0.15) is 13.3 Å². The maximum absolute atomic E-state index is 5.33. The second kappa shape index (κ2) is 4.18. The molecule has 0 amide bonds. The van der Waals surface area contributed by atoms with E-state index in [1.807, 2.05) is 0 Å². The summed E-state index contributed by atoms with van der Waals surface area (Å²) in [7, 11) is 1.67. The van der Waals surface area contributed by atoms with Gasteiger partial charge in [-0.1, -0.05) is 5.16 Å². The summed E-state index contributed by atoms with van der Waals surface area (Å²) in [4.78, 5) is 4.90. The molecule has 1 heterocycles. The zero-order chi connectivity index (χ0) is 8.10. The Hall–Kier alpha value is -0.770. The third-order valence-electron chi connectivity index (χ3n) is 1.43. The first-order chi connectivity index (χ1) is 5.33. The molecule has 0 aromatic heterocycles. The second-order valence-corrected chi connectivity index (χ2v) is 2.43. The van der Waals surface area contributed by atoms with Gasteiger partial charge in [-0.2, -0.15) is 0 Å². The average Bonchev–Trinajstić information content (AvgIpc) is 2.01. The minimum absolute atomic E-state index is 0.104. The van der Waals surface area contributed by atoms with Gasteiger partial charge >= 0.3 is 0 Å². The summed E-state index contributed by atoms with van der Waals surface area (Å²) >= 11 is 0. The van der Waals surface area contributed by atoms with Crippen molar-refractivity contribution in [3.63, 3.8) is 0 Å². The van der Waals surface area contributed by atoms with Gasteiger partial charge < -0.3 is 14.3 Å². The van der Waals surface area contributed by atoms with Gasteiger partial charge in [0.15, 0.2) is 6.61 Å². The van der Waals surface area contributed by atoms with Crippen LogP contribution in [0.4, 0.5) is 0 Å². The van der Waals surface area contributed by atoms with E-state index in [9.17, 15) is 0 Å². The van der Waals surface area contributed by atoms with E-state index < -0.39 is 0 Å². The average molecular weight is 159 g/mol. The van der Waals surface area contributed by atoms with Gasteiger partial charge in [0.05, 0.1) is 0 Å². The van der Waals surface area contributed by atoms with Gasteiger partial charge in [0.2, 0.25) is 5.90 Å². The van der Waals surface area contributed by atoms with Crippen molar-refractivity contribution in [1.29, 1.82) is 0 Å². The SMILES string of the molecule is COCCC1CON=C(C)O1. The van der Waals surface area contributed by atoms with E-state index in [4.69, 9.17) is 14.3 Å².